The van der Waals surface area contributed by atoms with Crippen molar-refractivity contribution in [3.8, 4) is 11.5 Å². The van der Waals surface area contributed by atoms with E-state index in [0.29, 0.717) is 29.5 Å². The molecule has 31 heavy (non-hydrogen) atoms. The Balaban J connectivity index is 1.45. The second kappa shape index (κ2) is 10.7. The second-order valence-electron chi connectivity index (χ2n) is 7.07. The molecule has 0 fully saturated rings. The summed E-state index contributed by atoms with van der Waals surface area (Å²) in [6.07, 6.45) is 0.838. The molecular weight excluding hydrogens is 416 g/mol. The monoisotopic (exact) mass is 440 g/mol. The van der Waals surface area contributed by atoms with Gasteiger partial charge in [-0.25, -0.2) is 0 Å². The third-order valence-corrected chi connectivity index (χ3v) is 5.02. The number of anilines is 1. The number of carbonyl (C=O) groups excluding carboxylic acids is 2. The Labute approximate surface area is 186 Å². The Morgan fingerprint density at radius 2 is 1.81 bits per heavy atom. The molecule has 0 radical (unpaired) electrons. The topological polar surface area (TPSA) is 67.9 Å². The van der Waals surface area contributed by atoms with Crippen LogP contribution in [0.1, 0.15) is 12.8 Å². The predicted octanol–water partition coefficient (Wildman–Crippen LogP) is 4.76. The van der Waals surface area contributed by atoms with Crippen LogP contribution in [-0.2, 0) is 9.59 Å². The summed E-state index contributed by atoms with van der Waals surface area (Å²) in [5.41, 5.74) is 0.462. The van der Waals surface area contributed by atoms with Gasteiger partial charge in [-0.15, -0.1) is 0 Å². The fraction of sp³-hybridized carbons (Fsp3) is 0.250. The smallest absolute Gasteiger partial charge is 0.244 e. The molecule has 0 atom stereocenters. The second-order valence-corrected chi connectivity index (χ2v) is 7.51. The van der Waals surface area contributed by atoms with Gasteiger partial charge >= 0.3 is 0 Å². The fourth-order valence-electron chi connectivity index (χ4n) is 3.19. The predicted molar refractivity (Wildman–Crippen MR) is 123 cm³/mol. The van der Waals surface area contributed by atoms with Crippen molar-refractivity contribution in [3.63, 3.8) is 0 Å². The Kier molecular flexibility index (Phi) is 7.73. The van der Waals surface area contributed by atoms with Crippen LogP contribution < -0.4 is 14.8 Å². The van der Waals surface area contributed by atoms with Crippen molar-refractivity contribution in [1.29, 1.82) is 0 Å². The van der Waals surface area contributed by atoms with Crippen molar-refractivity contribution < 1.29 is 19.1 Å². The number of hydrogen-bond acceptors (Lipinski definition) is 4. The molecule has 7 heteroatoms. The van der Waals surface area contributed by atoms with Gasteiger partial charge < -0.3 is 19.7 Å². The lowest BCUT2D eigenvalue weighted by atomic mass is 10.1. The van der Waals surface area contributed by atoms with Crippen LogP contribution in [0.2, 0.25) is 5.02 Å². The molecule has 2 amide bonds. The highest BCUT2D eigenvalue weighted by Gasteiger charge is 2.15. The SMILES string of the molecule is COc1ccc(Cl)cc1NC(=O)CN(C)C(=O)CCCOc1cccc2ccccc12. The lowest BCUT2D eigenvalue weighted by Gasteiger charge is -2.18. The first-order valence-electron chi connectivity index (χ1n) is 9.96. The van der Waals surface area contributed by atoms with Gasteiger partial charge in [0, 0.05) is 23.9 Å². The number of nitrogens with zero attached hydrogens (tertiary/aromatic N) is 1. The Morgan fingerprint density at radius 3 is 2.61 bits per heavy atom. The van der Waals surface area contributed by atoms with Gasteiger partial charge in [-0.3, -0.25) is 9.59 Å². The highest BCUT2D eigenvalue weighted by molar-refractivity contribution is 6.31. The number of fused-ring (bicyclic) bond motifs is 1. The van der Waals surface area contributed by atoms with E-state index in [2.05, 4.69) is 5.32 Å². The minimum Gasteiger partial charge on any atom is -0.495 e. The first-order chi connectivity index (χ1) is 15.0. The maximum atomic E-state index is 12.4. The molecule has 0 spiro atoms. The molecule has 1 N–H and O–H groups in total. The number of ether oxygens (including phenoxy) is 2. The number of likely N-dealkylation sites (N-methyl/N-ethyl adjacent to an activating group) is 1. The summed E-state index contributed by atoms with van der Waals surface area (Å²) in [4.78, 5) is 26.1. The molecule has 0 saturated carbocycles. The molecule has 0 saturated heterocycles. The Morgan fingerprint density at radius 1 is 1.03 bits per heavy atom. The molecule has 0 heterocycles. The maximum absolute atomic E-state index is 12.4. The summed E-state index contributed by atoms with van der Waals surface area (Å²) < 4.78 is 11.1. The van der Waals surface area contributed by atoms with Gasteiger partial charge in [0.1, 0.15) is 11.5 Å². The highest BCUT2D eigenvalue weighted by atomic mass is 35.5. The minimum absolute atomic E-state index is 0.0708. The average Bonchev–Trinajstić information content (AvgIpc) is 2.76. The van der Waals surface area contributed by atoms with E-state index in [9.17, 15) is 9.59 Å². The largest absolute Gasteiger partial charge is 0.495 e. The minimum atomic E-state index is -0.330. The number of benzene rings is 3. The van der Waals surface area contributed by atoms with Crippen LogP contribution in [0.4, 0.5) is 5.69 Å². The van der Waals surface area contributed by atoms with Crippen molar-refractivity contribution in [2.75, 3.05) is 32.6 Å². The van der Waals surface area contributed by atoms with Crippen LogP contribution >= 0.6 is 11.6 Å². The molecule has 0 aromatic heterocycles. The van der Waals surface area contributed by atoms with E-state index in [0.717, 1.165) is 16.5 Å². The Bertz CT molecular complexity index is 1070. The summed E-state index contributed by atoms with van der Waals surface area (Å²) in [7, 11) is 3.11. The molecule has 3 aromatic carbocycles. The molecule has 0 aliphatic heterocycles. The lowest BCUT2D eigenvalue weighted by molar-refractivity contribution is -0.133. The number of halogens is 1. The van der Waals surface area contributed by atoms with Gasteiger partial charge in [-0.2, -0.15) is 0 Å². The van der Waals surface area contributed by atoms with E-state index >= 15 is 0 Å². The third-order valence-electron chi connectivity index (χ3n) is 4.78. The van der Waals surface area contributed by atoms with Crippen LogP contribution in [0.5, 0.6) is 11.5 Å². The molecule has 0 aliphatic rings. The van der Waals surface area contributed by atoms with E-state index < -0.39 is 0 Å². The fourth-order valence-corrected chi connectivity index (χ4v) is 3.36. The summed E-state index contributed by atoms with van der Waals surface area (Å²) in [5, 5.41) is 5.36. The third kappa shape index (κ3) is 6.12. The van der Waals surface area contributed by atoms with Crippen LogP contribution in [0, 0.1) is 0 Å². The number of rotatable bonds is 9. The number of methoxy groups -OCH3 is 1. The quantitative estimate of drug-likeness (QED) is 0.487. The molecular formula is C24H25ClN2O4. The van der Waals surface area contributed by atoms with Crippen LogP contribution in [0.15, 0.2) is 60.7 Å². The number of amides is 2. The molecule has 3 aromatic rings. The van der Waals surface area contributed by atoms with Gasteiger partial charge in [0.15, 0.2) is 0 Å². The van der Waals surface area contributed by atoms with Gasteiger partial charge in [0.25, 0.3) is 0 Å². The normalized spacial score (nSPS) is 10.5. The zero-order valence-electron chi connectivity index (χ0n) is 17.6. The molecule has 0 aliphatic carbocycles. The first-order valence-corrected chi connectivity index (χ1v) is 10.3. The number of hydrogen-bond donors (Lipinski definition) is 1. The van der Waals surface area contributed by atoms with Crippen LogP contribution in [0.3, 0.4) is 0 Å². The molecule has 0 bridgehead atoms. The van der Waals surface area contributed by atoms with Gasteiger partial charge in [0.2, 0.25) is 11.8 Å². The summed E-state index contributed by atoms with van der Waals surface area (Å²) in [5.74, 6) is 0.837. The van der Waals surface area contributed by atoms with Crippen LogP contribution in [-0.4, -0.2) is 44.0 Å². The van der Waals surface area contributed by atoms with Crippen molar-refractivity contribution in [1.82, 2.24) is 4.90 Å². The maximum Gasteiger partial charge on any atom is 0.244 e. The van der Waals surface area contributed by atoms with Crippen molar-refractivity contribution in [3.05, 3.63) is 65.7 Å². The van der Waals surface area contributed by atoms with E-state index in [1.54, 1.807) is 25.2 Å². The standard InChI is InChI=1S/C24H25ClN2O4/c1-27(16-23(28)26-20-15-18(25)12-13-22(20)30-2)24(29)11-6-14-31-21-10-5-8-17-7-3-4-9-19(17)21/h3-5,7-10,12-13,15H,6,11,14,16H2,1-2H3,(H,26,28). The molecule has 162 valence electrons. The highest BCUT2D eigenvalue weighted by Crippen LogP contribution is 2.28. The average molecular weight is 441 g/mol. The van der Waals surface area contributed by atoms with Gasteiger partial charge in [-0.1, -0.05) is 48.0 Å². The summed E-state index contributed by atoms with van der Waals surface area (Å²) in [6.45, 7) is 0.345. The summed E-state index contributed by atoms with van der Waals surface area (Å²) >= 11 is 5.98. The first kappa shape index (κ1) is 22.4. The summed E-state index contributed by atoms with van der Waals surface area (Å²) in [6, 6.07) is 18.8. The van der Waals surface area contributed by atoms with E-state index in [4.69, 9.17) is 21.1 Å². The van der Waals surface area contributed by atoms with Crippen molar-refractivity contribution in [2.45, 2.75) is 12.8 Å². The van der Waals surface area contributed by atoms with Crippen LogP contribution in [0.25, 0.3) is 10.8 Å². The molecule has 3 rings (SSSR count). The van der Waals surface area contributed by atoms with Crippen molar-refractivity contribution in [2.24, 2.45) is 0 Å². The zero-order chi connectivity index (χ0) is 22.2. The lowest BCUT2D eigenvalue weighted by Crippen LogP contribution is -2.35. The molecule has 6 nitrogen and oxygen atoms in total. The zero-order valence-corrected chi connectivity index (χ0v) is 18.3. The van der Waals surface area contributed by atoms with E-state index in [1.807, 2.05) is 42.5 Å². The Hall–Kier alpha value is -3.25. The molecule has 0 unspecified atom stereocenters. The van der Waals surface area contributed by atoms with Gasteiger partial charge in [0.05, 0.1) is 25.9 Å². The van der Waals surface area contributed by atoms with E-state index in [-0.39, 0.29) is 24.8 Å². The van der Waals surface area contributed by atoms with Gasteiger partial charge in [-0.05, 0) is 36.1 Å². The van der Waals surface area contributed by atoms with Crippen molar-refractivity contribution >= 4 is 39.9 Å². The number of carbonyl (C=O) groups is 2. The van der Waals surface area contributed by atoms with E-state index in [1.165, 1.54) is 12.0 Å². The number of nitrogens with one attached hydrogen (secondary N) is 1.